The van der Waals surface area contributed by atoms with Gasteiger partial charge in [-0.2, -0.15) is 0 Å². The van der Waals surface area contributed by atoms with Gasteiger partial charge in [0, 0.05) is 18.8 Å². The standard InChI is InChI=1S/C22H22N2O2/c1-4-23-21(25)19(17-10-9-14(2)13-15(17)3)20(22(23)26)24-12-11-16-7-5-6-8-18(16)24/h5-10,13H,4,11-12H2,1-3H3. The van der Waals surface area contributed by atoms with E-state index in [0.717, 1.165) is 35.3 Å². The molecule has 0 unspecified atom stereocenters. The number of rotatable bonds is 3. The fraction of sp³-hybridized carbons (Fsp3) is 0.273. The summed E-state index contributed by atoms with van der Waals surface area (Å²) in [5, 5.41) is 0. The van der Waals surface area contributed by atoms with Crippen LogP contribution in [0.1, 0.15) is 29.2 Å². The maximum Gasteiger partial charge on any atom is 0.278 e. The predicted octanol–water partition coefficient (Wildman–Crippen LogP) is 3.47. The van der Waals surface area contributed by atoms with Crippen LogP contribution in [-0.2, 0) is 16.0 Å². The van der Waals surface area contributed by atoms with Crippen molar-refractivity contribution in [3.63, 3.8) is 0 Å². The van der Waals surface area contributed by atoms with Crippen molar-refractivity contribution < 1.29 is 9.59 Å². The van der Waals surface area contributed by atoms with Crippen LogP contribution in [0, 0.1) is 13.8 Å². The molecule has 0 saturated heterocycles. The Morgan fingerprint density at radius 1 is 1.00 bits per heavy atom. The summed E-state index contributed by atoms with van der Waals surface area (Å²) < 4.78 is 0. The molecule has 2 amide bonds. The minimum absolute atomic E-state index is 0.191. The van der Waals surface area contributed by atoms with Gasteiger partial charge in [-0.3, -0.25) is 14.5 Å². The van der Waals surface area contributed by atoms with Gasteiger partial charge in [-0.25, -0.2) is 0 Å². The highest BCUT2D eigenvalue weighted by Gasteiger charge is 2.42. The Kier molecular flexibility index (Phi) is 3.91. The fourth-order valence-electron chi connectivity index (χ4n) is 4.01. The number of hydrogen-bond donors (Lipinski definition) is 0. The van der Waals surface area contributed by atoms with Crippen LogP contribution < -0.4 is 4.90 Å². The number of fused-ring (bicyclic) bond motifs is 1. The summed E-state index contributed by atoms with van der Waals surface area (Å²) in [6.45, 7) is 6.97. The normalized spacial score (nSPS) is 16.7. The second kappa shape index (κ2) is 6.13. The molecule has 26 heavy (non-hydrogen) atoms. The largest absolute Gasteiger partial charge is 0.336 e. The average molecular weight is 346 g/mol. The summed E-state index contributed by atoms with van der Waals surface area (Å²) in [4.78, 5) is 29.6. The number of imide groups is 1. The van der Waals surface area contributed by atoms with Crippen molar-refractivity contribution in [2.24, 2.45) is 0 Å². The summed E-state index contributed by atoms with van der Waals surface area (Å²) in [7, 11) is 0. The molecule has 0 fully saturated rings. The number of amides is 2. The number of hydrogen-bond acceptors (Lipinski definition) is 3. The van der Waals surface area contributed by atoms with Gasteiger partial charge in [-0.05, 0) is 49.9 Å². The minimum Gasteiger partial charge on any atom is -0.336 e. The van der Waals surface area contributed by atoms with Gasteiger partial charge in [0.15, 0.2) is 0 Å². The fourth-order valence-corrected chi connectivity index (χ4v) is 4.01. The van der Waals surface area contributed by atoms with E-state index in [0.29, 0.717) is 17.8 Å². The third-order valence-corrected chi connectivity index (χ3v) is 5.27. The Labute approximate surface area is 153 Å². The number of anilines is 1. The summed E-state index contributed by atoms with van der Waals surface area (Å²) >= 11 is 0. The molecular formula is C22H22N2O2. The van der Waals surface area contributed by atoms with E-state index in [-0.39, 0.29) is 11.8 Å². The molecule has 0 aliphatic carbocycles. The molecule has 0 atom stereocenters. The molecule has 0 aromatic heterocycles. The van der Waals surface area contributed by atoms with Gasteiger partial charge in [-0.1, -0.05) is 42.0 Å². The van der Waals surface area contributed by atoms with E-state index in [4.69, 9.17) is 0 Å². The topological polar surface area (TPSA) is 40.6 Å². The highest BCUT2D eigenvalue weighted by atomic mass is 16.2. The highest BCUT2D eigenvalue weighted by Crippen LogP contribution is 2.39. The van der Waals surface area contributed by atoms with Crippen molar-refractivity contribution in [3.05, 3.63) is 70.4 Å². The molecule has 0 spiro atoms. The molecule has 2 aromatic carbocycles. The SMILES string of the molecule is CCN1C(=O)C(c2ccc(C)cc2C)=C(N2CCc3ccccc32)C1=O. The van der Waals surface area contributed by atoms with Crippen LogP contribution in [0.25, 0.3) is 5.57 Å². The third-order valence-electron chi connectivity index (χ3n) is 5.27. The monoisotopic (exact) mass is 346 g/mol. The van der Waals surface area contributed by atoms with E-state index in [1.807, 2.05) is 56.0 Å². The molecule has 0 N–H and O–H groups in total. The van der Waals surface area contributed by atoms with Gasteiger partial charge in [-0.15, -0.1) is 0 Å². The molecular weight excluding hydrogens is 324 g/mol. The maximum absolute atomic E-state index is 13.1. The average Bonchev–Trinajstić information content (AvgIpc) is 3.14. The van der Waals surface area contributed by atoms with Gasteiger partial charge < -0.3 is 4.90 Å². The quantitative estimate of drug-likeness (QED) is 0.799. The van der Waals surface area contributed by atoms with Crippen LogP contribution in [-0.4, -0.2) is 29.8 Å². The molecule has 0 saturated carbocycles. The maximum atomic E-state index is 13.1. The van der Waals surface area contributed by atoms with Gasteiger partial charge in [0.25, 0.3) is 11.8 Å². The van der Waals surface area contributed by atoms with Gasteiger partial charge in [0.1, 0.15) is 5.70 Å². The van der Waals surface area contributed by atoms with E-state index in [2.05, 4.69) is 12.1 Å². The second-order valence-corrected chi connectivity index (χ2v) is 6.93. The van der Waals surface area contributed by atoms with Crippen molar-refractivity contribution in [2.75, 3.05) is 18.0 Å². The van der Waals surface area contributed by atoms with E-state index >= 15 is 0 Å². The first-order chi connectivity index (χ1) is 12.5. The van der Waals surface area contributed by atoms with Gasteiger partial charge >= 0.3 is 0 Å². The van der Waals surface area contributed by atoms with Crippen LogP contribution in [0.4, 0.5) is 5.69 Å². The van der Waals surface area contributed by atoms with Crippen LogP contribution in [0.3, 0.4) is 0 Å². The zero-order chi connectivity index (χ0) is 18.4. The third kappa shape index (κ3) is 2.37. The van der Waals surface area contributed by atoms with Crippen molar-refractivity contribution in [3.8, 4) is 0 Å². The second-order valence-electron chi connectivity index (χ2n) is 6.93. The van der Waals surface area contributed by atoms with E-state index < -0.39 is 0 Å². The summed E-state index contributed by atoms with van der Waals surface area (Å²) in [5.41, 5.74) is 6.32. The van der Waals surface area contributed by atoms with Crippen LogP contribution in [0.15, 0.2) is 48.2 Å². The lowest BCUT2D eigenvalue weighted by Crippen LogP contribution is -2.34. The molecule has 0 bridgehead atoms. The lowest BCUT2D eigenvalue weighted by Gasteiger charge is -2.21. The van der Waals surface area contributed by atoms with Crippen molar-refractivity contribution in [1.29, 1.82) is 0 Å². The first-order valence-corrected chi connectivity index (χ1v) is 9.06. The van der Waals surface area contributed by atoms with E-state index in [1.54, 1.807) is 0 Å². The number of likely N-dealkylation sites (N-methyl/N-ethyl adjacent to an activating group) is 1. The molecule has 4 heteroatoms. The first-order valence-electron chi connectivity index (χ1n) is 9.06. The predicted molar refractivity (Wildman–Crippen MR) is 103 cm³/mol. The van der Waals surface area contributed by atoms with Gasteiger partial charge in [0.2, 0.25) is 0 Å². The lowest BCUT2D eigenvalue weighted by molar-refractivity contribution is -0.136. The number of nitrogens with zero attached hydrogens (tertiary/aromatic N) is 2. The van der Waals surface area contributed by atoms with Crippen LogP contribution >= 0.6 is 0 Å². The Bertz CT molecular complexity index is 958. The Morgan fingerprint density at radius 3 is 2.50 bits per heavy atom. The lowest BCUT2D eigenvalue weighted by atomic mass is 9.97. The smallest absolute Gasteiger partial charge is 0.278 e. The van der Waals surface area contributed by atoms with Crippen LogP contribution in [0.5, 0.6) is 0 Å². The molecule has 2 aromatic rings. The highest BCUT2D eigenvalue weighted by molar-refractivity contribution is 6.37. The molecule has 4 nitrogen and oxygen atoms in total. The molecule has 2 heterocycles. The van der Waals surface area contributed by atoms with Crippen LogP contribution in [0.2, 0.25) is 0 Å². The number of benzene rings is 2. The molecule has 0 radical (unpaired) electrons. The zero-order valence-electron chi connectivity index (χ0n) is 15.4. The Hall–Kier alpha value is -2.88. The number of carbonyl (C=O) groups excluding carboxylic acids is 2. The van der Waals surface area contributed by atoms with Crippen molar-refractivity contribution in [2.45, 2.75) is 27.2 Å². The number of carbonyl (C=O) groups is 2. The number of para-hydroxylation sites is 1. The van der Waals surface area contributed by atoms with Crippen molar-refractivity contribution in [1.82, 2.24) is 4.90 Å². The minimum atomic E-state index is -0.191. The Balaban J connectivity index is 1.93. The summed E-state index contributed by atoms with van der Waals surface area (Å²) in [6, 6.07) is 14.1. The molecule has 2 aliphatic rings. The van der Waals surface area contributed by atoms with E-state index in [1.165, 1.54) is 10.5 Å². The van der Waals surface area contributed by atoms with Crippen molar-refractivity contribution >= 4 is 23.1 Å². The van der Waals surface area contributed by atoms with Gasteiger partial charge in [0.05, 0.1) is 5.57 Å². The summed E-state index contributed by atoms with van der Waals surface area (Å²) in [6.07, 6.45) is 0.882. The summed E-state index contributed by atoms with van der Waals surface area (Å²) in [5.74, 6) is -0.381. The first kappa shape index (κ1) is 16.6. The molecule has 2 aliphatic heterocycles. The van der Waals surface area contributed by atoms with E-state index in [9.17, 15) is 9.59 Å². The Morgan fingerprint density at radius 2 is 1.77 bits per heavy atom. The number of aryl methyl sites for hydroxylation is 2. The molecule has 4 rings (SSSR count). The zero-order valence-corrected chi connectivity index (χ0v) is 15.4. The molecule has 132 valence electrons.